The summed E-state index contributed by atoms with van der Waals surface area (Å²) in [5.41, 5.74) is -0.123. The number of rotatable bonds is 6. The highest BCUT2D eigenvalue weighted by molar-refractivity contribution is 5.55. The smallest absolute Gasteiger partial charge is 0.255 e. The number of nitrogens with zero attached hydrogens (tertiary/aromatic N) is 5. The van der Waals surface area contributed by atoms with Crippen molar-refractivity contribution in [3.05, 3.63) is 23.9 Å². The molecule has 1 aliphatic carbocycles. The highest BCUT2D eigenvalue weighted by Crippen LogP contribution is 2.32. The summed E-state index contributed by atoms with van der Waals surface area (Å²) >= 11 is 0. The summed E-state index contributed by atoms with van der Waals surface area (Å²) < 4.78 is 21.3. The zero-order chi connectivity index (χ0) is 21.2. The Morgan fingerprint density at radius 3 is 2.79 bits per heavy atom. The van der Waals surface area contributed by atoms with Gasteiger partial charge >= 0.3 is 0 Å². The molecule has 1 aliphatic rings. The van der Waals surface area contributed by atoms with Gasteiger partial charge in [-0.15, -0.1) is 0 Å². The van der Waals surface area contributed by atoms with Crippen molar-refractivity contribution in [2.45, 2.75) is 64.5 Å². The van der Waals surface area contributed by atoms with Gasteiger partial charge in [-0.1, -0.05) is 0 Å². The van der Waals surface area contributed by atoms with Crippen LogP contribution in [0.15, 0.2) is 12.4 Å². The van der Waals surface area contributed by atoms with Crippen molar-refractivity contribution in [3.8, 4) is 11.9 Å². The molecule has 2 aromatic heterocycles. The number of halogens is 1. The highest BCUT2D eigenvalue weighted by atomic mass is 19.1. The minimum absolute atomic E-state index is 0.109. The Balaban J connectivity index is 1.68. The summed E-state index contributed by atoms with van der Waals surface area (Å²) in [5.74, 6) is -0.293. The monoisotopic (exact) mass is 402 g/mol. The van der Waals surface area contributed by atoms with Gasteiger partial charge in [0.05, 0.1) is 42.1 Å². The molecule has 0 unspecified atom stereocenters. The quantitative estimate of drug-likeness (QED) is 0.762. The van der Waals surface area contributed by atoms with Crippen molar-refractivity contribution in [2.24, 2.45) is 5.92 Å². The Morgan fingerprint density at radius 2 is 2.14 bits per heavy atom. The van der Waals surface area contributed by atoms with Crippen molar-refractivity contribution < 1.29 is 14.2 Å². The molecule has 8 nitrogen and oxygen atoms in total. The third kappa shape index (κ3) is 5.01. The summed E-state index contributed by atoms with van der Waals surface area (Å²) in [6, 6.07) is 2.19. The van der Waals surface area contributed by atoms with Gasteiger partial charge in [-0.2, -0.15) is 19.7 Å². The molecule has 2 N–H and O–H groups in total. The Kier molecular flexibility index (Phi) is 5.75. The lowest BCUT2D eigenvalue weighted by Gasteiger charge is -2.32. The maximum absolute atomic E-state index is 14.1. The Morgan fingerprint density at radius 1 is 1.45 bits per heavy atom. The second-order valence-corrected chi connectivity index (χ2v) is 8.47. The fourth-order valence-corrected chi connectivity index (χ4v) is 3.22. The van der Waals surface area contributed by atoms with Crippen LogP contribution in [0, 0.1) is 30.0 Å². The summed E-state index contributed by atoms with van der Waals surface area (Å²) in [6.45, 7) is 7.50. The van der Waals surface area contributed by atoms with Crippen LogP contribution in [0.5, 0.6) is 5.88 Å². The van der Waals surface area contributed by atoms with E-state index in [2.05, 4.69) is 26.5 Å². The molecule has 0 aliphatic heterocycles. The first-order valence-electron chi connectivity index (χ1n) is 9.72. The van der Waals surface area contributed by atoms with Crippen LogP contribution in [-0.4, -0.2) is 37.1 Å². The average molecular weight is 402 g/mol. The van der Waals surface area contributed by atoms with Crippen LogP contribution >= 0.6 is 0 Å². The molecular formula is C20H27FN6O2. The number of ether oxygens (including phenoxy) is 1. The van der Waals surface area contributed by atoms with Gasteiger partial charge in [-0.3, -0.25) is 4.68 Å². The predicted molar refractivity (Wildman–Crippen MR) is 105 cm³/mol. The summed E-state index contributed by atoms with van der Waals surface area (Å²) in [5, 5.41) is 26.7. The fraction of sp³-hybridized carbons (Fsp3) is 0.600. The molecule has 2 heterocycles. The normalized spacial score (nSPS) is 22.2. The number of aliphatic hydroxyl groups is 1. The number of nitrogens with one attached hydrogen (secondary N) is 1. The van der Waals surface area contributed by atoms with Crippen molar-refractivity contribution in [1.82, 2.24) is 19.7 Å². The van der Waals surface area contributed by atoms with E-state index in [-0.39, 0.29) is 17.7 Å². The van der Waals surface area contributed by atoms with Crippen LogP contribution < -0.4 is 10.1 Å². The van der Waals surface area contributed by atoms with Gasteiger partial charge in [0.2, 0.25) is 11.8 Å². The molecule has 0 amide bonds. The van der Waals surface area contributed by atoms with Crippen LogP contribution in [0.25, 0.3) is 0 Å². The van der Waals surface area contributed by atoms with Gasteiger partial charge in [0.15, 0.2) is 0 Å². The van der Waals surface area contributed by atoms with E-state index >= 15 is 0 Å². The zero-order valence-corrected chi connectivity index (χ0v) is 17.2. The van der Waals surface area contributed by atoms with Gasteiger partial charge in [0, 0.05) is 0 Å². The number of aromatic nitrogens is 4. The van der Waals surface area contributed by atoms with E-state index < -0.39 is 17.0 Å². The maximum Gasteiger partial charge on any atom is 0.255 e. The topological polar surface area (TPSA) is 109 Å². The lowest BCUT2D eigenvalue weighted by Crippen LogP contribution is -2.32. The van der Waals surface area contributed by atoms with Gasteiger partial charge in [0.25, 0.3) is 5.88 Å². The second kappa shape index (κ2) is 7.95. The van der Waals surface area contributed by atoms with E-state index in [9.17, 15) is 14.8 Å². The molecule has 3 rings (SSSR count). The SMILES string of the molecule is Cc1nn(C(C)(C)C#N)cc1Nc1ncc(F)c(OCC2CCC(C)(O)CC2)n1. The van der Waals surface area contributed by atoms with Gasteiger partial charge < -0.3 is 15.2 Å². The largest absolute Gasteiger partial charge is 0.475 e. The third-order valence-electron chi connectivity index (χ3n) is 5.34. The van der Waals surface area contributed by atoms with Crippen LogP contribution in [0.3, 0.4) is 0 Å². The molecule has 0 radical (unpaired) electrons. The van der Waals surface area contributed by atoms with Crippen LogP contribution in [0.4, 0.5) is 16.0 Å². The molecule has 0 atom stereocenters. The molecule has 0 bridgehead atoms. The minimum atomic E-state index is -0.798. The fourth-order valence-electron chi connectivity index (χ4n) is 3.22. The lowest BCUT2D eigenvalue weighted by molar-refractivity contribution is 0.00103. The standard InChI is InChI=1S/C20H27FN6O2/c1-13-16(10-27(26-13)19(2,3)12-22)24-18-23-9-15(21)17(25-18)29-11-14-5-7-20(4,28)8-6-14/h9-10,14,28H,5-8,11H2,1-4H3,(H,23,24,25). The van der Waals surface area contributed by atoms with Gasteiger partial charge in [0.1, 0.15) is 5.54 Å². The van der Waals surface area contributed by atoms with Gasteiger partial charge in [-0.05, 0) is 59.3 Å². The van der Waals surface area contributed by atoms with Crippen LogP contribution in [0.1, 0.15) is 52.1 Å². The average Bonchev–Trinajstić information content (AvgIpc) is 3.04. The molecule has 156 valence electrons. The number of nitriles is 1. The Labute approximate surface area is 169 Å². The first-order valence-corrected chi connectivity index (χ1v) is 9.72. The van der Waals surface area contributed by atoms with Crippen LogP contribution in [-0.2, 0) is 5.54 Å². The van der Waals surface area contributed by atoms with E-state index in [0.717, 1.165) is 19.0 Å². The van der Waals surface area contributed by atoms with E-state index in [1.54, 1.807) is 31.6 Å². The Hall–Kier alpha value is -2.73. The van der Waals surface area contributed by atoms with E-state index in [1.807, 2.05) is 6.92 Å². The minimum Gasteiger partial charge on any atom is -0.475 e. The molecule has 1 saturated carbocycles. The molecule has 0 saturated heterocycles. The predicted octanol–water partition coefficient (Wildman–Crippen LogP) is 3.44. The summed E-state index contributed by atoms with van der Waals surface area (Å²) in [6.07, 6.45) is 5.84. The molecule has 1 fully saturated rings. The number of aryl methyl sites for hydroxylation is 1. The molecule has 0 spiro atoms. The Bertz CT molecular complexity index is 908. The number of anilines is 2. The summed E-state index contributed by atoms with van der Waals surface area (Å²) in [7, 11) is 0. The molecule has 0 aromatic carbocycles. The molecular weight excluding hydrogens is 375 g/mol. The molecule has 2 aromatic rings. The third-order valence-corrected chi connectivity index (χ3v) is 5.34. The summed E-state index contributed by atoms with van der Waals surface area (Å²) in [4.78, 5) is 8.11. The molecule has 29 heavy (non-hydrogen) atoms. The number of hydrogen-bond acceptors (Lipinski definition) is 7. The highest BCUT2D eigenvalue weighted by Gasteiger charge is 2.29. The van der Waals surface area contributed by atoms with Crippen molar-refractivity contribution in [3.63, 3.8) is 0 Å². The van der Waals surface area contributed by atoms with E-state index in [1.165, 1.54) is 0 Å². The second-order valence-electron chi connectivity index (χ2n) is 8.47. The zero-order valence-electron chi connectivity index (χ0n) is 17.2. The maximum atomic E-state index is 14.1. The van der Waals surface area contributed by atoms with Crippen molar-refractivity contribution in [2.75, 3.05) is 11.9 Å². The lowest BCUT2D eigenvalue weighted by atomic mass is 9.80. The number of hydrogen-bond donors (Lipinski definition) is 2. The van der Waals surface area contributed by atoms with Gasteiger partial charge in [-0.25, -0.2) is 4.98 Å². The van der Waals surface area contributed by atoms with Crippen LogP contribution in [0.2, 0.25) is 0 Å². The van der Waals surface area contributed by atoms with Crippen molar-refractivity contribution >= 4 is 11.6 Å². The molecule has 9 heteroatoms. The van der Waals surface area contributed by atoms with E-state index in [4.69, 9.17) is 4.74 Å². The van der Waals surface area contributed by atoms with E-state index in [0.29, 0.717) is 30.8 Å². The first kappa shape index (κ1) is 21.0. The van der Waals surface area contributed by atoms with Crippen molar-refractivity contribution in [1.29, 1.82) is 5.26 Å². The first-order chi connectivity index (χ1) is 13.6.